The van der Waals surface area contributed by atoms with Gasteiger partial charge in [0.15, 0.2) is 17.3 Å². The van der Waals surface area contributed by atoms with E-state index in [1.165, 1.54) is 7.11 Å². The smallest absolute Gasteiger partial charge is 0.320 e. The van der Waals surface area contributed by atoms with Crippen molar-refractivity contribution in [3.63, 3.8) is 0 Å². The Hall–Kier alpha value is -2.90. The lowest BCUT2D eigenvalue weighted by Crippen LogP contribution is -2.32. The lowest BCUT2D eigenvalue weighted by Gasteiger charge is -2.13. The highest BCUT2D eigenvalue weighted by molar-refractivity contribution is 5.88. The molecule has 2 aromatic rings. The number of methoxy groups -OCH3 is 2. The number of hydrogen-bond acceptors (Lipinski definition) is 6. The van der Waals surface area contributed by atoms with Crippen molar-refractivity contribution in [3.8, 4) is 17.2 Å². The number of carbonyl (C=O) groups is 1. The Balaban J connectivity index is 1.78. The molecule has 0 aliphatic carbocycles. The number of anilines is 1. The van der Waals surface area contributed by atoms with Gasteiger partial charge in [-0.15, -0.1) is 0 Å². The maximum atomic E-state index is 11.7. The topological polar surface area (TPSA) is 94.9 Å². The first-order chi connectivity index (χ1) is 11.1. The number of aromatic nitrogens is 1. The van der Waals surface area contributed by atoms with E-state index in [2.05, 4.69) is 15.8 Å². The third kappa shape index (κ3) is 4.53. The number of nitrogens with one attached hydrogen (secondary N) is 2. The molecule has 1 aromatic heterocycles. The van der Waals surface area contributed by atoms with Gasteiger partial charge < -0.3 is 24.1 Å². The van der Waals surface area contributed by atoms with Crippen LogP contribution in [0.15, 0.2) is 28.8 Å². The molecule has 0 radical (unpaired) electrons. The second kappa shape index (κ2) is 7.92. The third-order valence-corrected chi connectivity index (χ3v) is 2.88. The Morgan fingerprint density at radius 2 is 2.04 bits per heavy atom. The molecule has 0 saturated carbocycles. The summed E-state index contributed by atoms with van der Waals surface area (Å²) >= 11 is 0. The number of rotatable bonds is 7. The predicted molar refractivity (Wildman–Crippen MR) is 83.3 cm³/mol. The number of carbonyl (C=O) groups excluding carboxylic acids is 1. The molecule has 2 amide bonds. The molecule has 124 valence electrons. The number of amides is 2. The Bertz CT molecular complexity index is 656. The summed E-state index contributed by atoms with van der Waals surface area (Å²) in [6, 6.07) is 6.57. The summed E-state index contributed by atoms with van der Waals surface area (Å²) in [7, 11) is 3.09. The van der Waals surface area contributed by atoms with Crippen LogP contribution in [0.3, 0.4) is 0 Å². The first-order valence-corrected chi connectivity index (χ1v) is 6.96. The van der Waals surface area contributed by atoms with Gasteiger partial charge in [0.2, 0.25) is 5.75 Å². The van der Waals surface area contributed by atoms with Gasteiger partial charge in [-0.1, -0.05) is 11.2 Å². The highest BCUT2D eigenvalue weighted by atomic mass is 16.5. The van der Waals surface area contributed by atoms with E-state index in [1.807, 2.05) is 0 Å². The van der Waals surface area contributed by atoms with Crippen LogP contribution in [0.5, 0.6) is 17.2 Å². The summed E-state index contributed by atoms with van der Waals surface area (Å²) < 4.78 is 20.9. The van der Waals surface area contributed by atoms with Gasteiger partial charge in [-0.3, -0.25) is 5.32 Å². The minimum absolute atomic E-state index is 0.273. The SMILES string of the molecule is COc1cccc(OCCNC(=O)Nc2cc(C)on2)c1OC. The van der Waals surface area contributed by atoms with Gasteiger partial charge in [0.1, 0.15) is 12.4 Å². The van der Waals surface area contributed by atoms with E-state index < -0.39 is 0 Å². The molecule has 0 unspecified atom stereocenters. The molecule has 0 atom stereocenters. The summed E-state index contributed by atoms with van der Waals surface area (Å²) in [6.45, 7) is 2.32. The average Bonchev–Trinajstić information content (AvgIpc) is 2.95. The van der Waals surface area contributed by atoms with Gasteiger partial charge in [-0.2, -0.15) is 0 Å². The summed E-state index contributed by atoms with van der Waals surface area (Å²) in [5.74, 6) is 2.61. The zero-order valence-corrected chi connectivity index (χ0v) is 13.2. The molecule has 1 aromatic carbocycles. The molecule has 8 nitrogen and oxygen atoms in total. The normalized spacial score (nSPS) is 10.0. The Morgan fingerprint density at radius 3 is 2.70 bits per heavy atom. The largest absolute Gasteiger partial charge is 0.493 e. The molecule has 2 N–H and O–H groups in total. The quantitative estimate of drug-likeness (QED) is 0.759. The van der Waals surface area contributed by atoms with Crippen molar-refractivity contribution in [1.82, 2.24) is 10.5 Å². The minimum atomic E-state index is -0.389. The van der Waals surface area contributed by atoms with Crippen molar-refractivity contribution in [3.05, 3.63) is 30.0 Å². The van der Waals surface area contributed by atoms with E-state index in [4.69, 9.17) is 18.7 Å². The summed E-state index contributed by atoms with van der Waals surface area (Å²) in [5, 5.41) is 8.86. The number of ether oxygens (including phenoxy) is 3. The summed E-state index contributed by atoms with van der Waals surface area (Å²) in [4.78, 5) is 11.7. The van der Waals surface area contributed by atoms with Crippen LogP contribution in [0.25, 0.3) is 0 Å². The van der Waals surface area contributed by atoms with Crippen molar-refractivity contribution < 1.29 is 23.5 Å². The van der Waals surface area contributed by atoms with Crippen LogP contribution in [0.2, 0.25) is 0 Å². The second-order valence-corrected chi connectivity index (χ2v) is 4.54. The summed E-state index contributed by atoms with van der Waals surface area (Å²) in [5.41, 5.74) is 0. The molecule has 1 heterocycles. The first kappa shape index (κ1) is 16.5. The van der Waals surface area contributed by atoms with Gasteiger partial charge in [0.25, 0.3) is 0 Å². The maximum absolute atomic E-state index is 11.7. The van der Waals surface area contributed by atoms with Crippen molar-refractivity contribution in [1.29, 1.82) is 0 Å². The average molecular weight is 321 g/mol. The van der Waals surface area contributed by atoms with Gasteiger partial charge in [0, 0.05) is 6.07 Å². The van der Waals surface area contributed by atoms with Gasteiger partial charge >= 0.3 is 6.03 Å². The number of urea groups is 1. The highest BCUT2D eigenvalue weighted by Crippen LogP contribution is 2.36. The molecule has 0 aliphatic heterocycles. The van der Waals surface area contributed by atoms with Crippen molar-refractivity contribution in [2.24, 2.45) is 0 Å². The Kier molecular flexibility index (Phi) is 5.67. The number of benzene rings is 1. The van der Waals surface area contributed by atoms with Gasteiger partial charge in [-0.05, 0) is 19.1 Å². The zero-order chi connectivity index (χ0) is 16.7. The van der Waals surface area contributed by atoms with Crippen LogP contribution in [0, 0.1) is 6.92 Å². The Morgan fingerprint density at radius 1 is 1.26 bits per heavy atom. The monoisotopic (exact) mass is 321 g/mol. The van der Waals surface area contributed by atoms with E-state index in [1.54, 1.807) is 38.3 Å². The minimum Gasteiger partial charge on any atom is -0.493 e. The number of hydrogen-bond donors (Lipinski definition) is 2. The molecule has 2 rings (SSSR count). The highest BCUT2D eigenvalue weighted by Gasteiger charge is 2.10. The third-order valence-electron chi connectivity index (χ3n) is 2.88. The van der Waals surface area contributed by atoms with E-state index in [-0.39, 0.29) is 12.6 Å². The summed E-state index contributed by atoms with van der Waals surface area (Å²) in [6.07, 6.45) is 0. The van der Waals surface area contributed by atoms with Gasteiger partial charge in [0.05, 0.1) is 20.8 Å². The maximum Gasteiger partial charge on any atom is 0.320 e. The molecule has 0 spiro atoms. The van der Waals surface area contributed by atoms with E-state index in [0.717, 1.165) is 0 Å². The van der Waals surface area contributed by atoms with Crippen molar-refractivity contribution in [2.75, 3.05) is 32.7 Å². The van der Waals surface area contributed by atoms with Crippen LogP contribution in [-0.4, -0.2) is 38.6 Å². The molecule has 0 bridgehead atoms. The molecular formula is C15H19N3O5. The molecular weight excluding hydrogens is 302 g/mol. The van der Waals surface area contributed by atoms with E-state index in [9.17, 15) is 4.79 Å². The zero-order valence-electron chi connectivity index (χ0n) is 13.2. The van der Waals surface area contributed by atoms with Crippen LogP contribution >= 0.6 is 0 Å². The lowest BCUT2D eigenvalue weighted by molar-refractivity contribution is 0.245. The first-order valence-electron chi connectivity index (χ1n) is 6.96. The fourth-order valence-electron chi connectivity index (χ4n) is 1.88. The Labute approximate surface area is 133 Å². The van der Waals surface area contributed by atoms with Crippen LogP contribution in [0.4, 0.5) is 10.6 Å². The standard InChI is InChI=1S/C15H19N3O5/c1-10-9-13(18-23-10)17-15(19)16-7-8-22-12-6-4-5-11(20-2)14(12)21-3/h4-6,9H,7-8H2,1-3H3,(H2,16,17,18,19). The lowest BCUT2D eigenvalue weighted by atomic mass is 10.3. The molecule has 23 heavy (non-hydrogen) atoms. The van der Waals surface area contributed by atoms with Crippen molar-refractivity contribution >= 4 is 11.8 Å². The van der Waals surface area contributed by atoms with E-state index in [0.29, 0.717) is 35.4 Å². The van der Waals surface area contributed by atoms with Crippen LogP contribution < -0.4 is 24.8 Å². The molecule has 0 aliphatic rings. The fraction of sp³-hybridized carbons (Fsp3) is 0.333. The predicted octanol–water partition coefficient (Wildman–Crippen LogP) is 2.20. The number of para-hydroxylation sites is 1. The number of nitrogens with zero attached hydrogens (tertiary/aromatic N) is 1. The van der Waals surface area contributed by atoms with Crippen LogP contribution in [-0.2, 0) is 0 Å². The molecule has 0 saturated heterocycles. The van der Waals surface area contributed by atoms with Crippen LogP contribution in [0.1, 0.15) is 5.76 Å². The number of aryl methyl sites for hydroxylation is 1. The van der Waals surface area contributed by atoms with Crippen molar-refractivity contribution in [2.45, 2.75) is 6.92 Å². The second-order valence-electron chi connectivity index (χ2n) is 4.54. The van der Waals surface area contributed by atoms with Gasteiger partial charge in [-0.25, -0.2) is 4.79 Å². The molecule has 8 heteroatoms. The molecule has 0 fully saturated rings. The fourth-order valence-corrected chi connectivity index (χ4v) is 1.88. The van der Waals surface area contributed by atoms with E-state index >= 15 is 0 Å².